The highest BCUT2D eigenvalue weighted by Crippen LogP contribution is 2.48. The molecule has 1 aliphatic heterocycles. The predicted octanol–water partition coefficient (Wildman–Crippen LogP) is 6.95. The van der Waals surface area contributed by atoms with Crippen LogP contribution in [0.5, 0.6) is 0 Å². The fourth-order valence-corrected chi connectivity index (χ4v) is 6.73. The number of esters is 2. The lowest BCUT2D eigenvalue weighted by Gasteiger charge is -2.33. The van der Waals surface area contributed by atoms with Gasteiger partial charge in [0.25, 0.3) is 0 Å². The molecule has 0 saturated heterocycles. The van der Waals surface area contributed by atoms with Crippen molar-refractivity contribution in [3.63, 3.8) is 0 Å². The minimum absolute atomic E-state index is 0.0560. The Morgan fingerprint density at radius 3 is 2.11 bits per heavy atom. The van der Waals surface area contributed by atoms with Gasteiger partial charge in [-0.1, -0.05) is 48.5 Å². The number of nitrogens with one attached hydrogen (secondary N) is 2. The summed E-state index contributed by atoms with van der Waals surface area (Å²) in [7, 11) is -2.64. The van der Waals surface area contributed by atoms with Crippen molar-refractivity contribution >= 4 is 19.7 Å². The van der Waals surface area contributed by atoms with Crippen LogP contribution in [0.1, 0.15) is 69.2 Å². The molecular weight excluding hydrogens is 600 g/mol. The van der Waals surface area contributed by atoms with Gasteiger partial charge in [-0.15, -0.1) is 0 Å². The van der Waals surface area contributed by atoms with E-state index in [1.165, 1.54) is 25.1 Å². The highest BCUT2D eigenvalue weighted by Gasteiger charge is 2.43. The summed E-state index contributed by atoms with van der Waals surface area (Å²) in [4.78, 5) is 26.6. The summed E-state index contributed by atoms with van der Waals surface area (Å²) in [5.41, 5.74) is -0.383. The van der Waals surface area contributed by atoms with Crippen molar-refractivity contribution in [2.24, 2.45) is 0 Å². The van der Waals surface area contributed by atoms with Gasteiger partial charge in [-0.05, 0) is 57.7 Å². The molecule has 2 atom stereocenters. The van der Waals surface area contributed by atoms with Crippen LogP contribution in [0.25, 0.3) is 0 Å². The number of halogens is 3. The summed E-state index contributed by atoms with van der Waals surface area (Å²) in [5, 5.41) is 6.05. The summed E-state index contributed by atoms with van der Waals surface area (Å²) >= 11 is 0. The molecule has 13 heteroatoms. The fourth-order valence-electron chi connectivity index (χ4n) is 5.16. The van der Waals surface area contributed by atoms with Crippen LogP contribution >= 0.6 is 7.75 Å². The predicted molar refractivity (Wildman–Crippen MR) is 158 cm³/mol. The van der Waals surface area contributed by atoms with E-state index < -0.39 is 43.4 Å². The maximum atomic E-state index is 14.3. The van der Waals surface area contributed by atoms with E-state index in [1.54, 1.807) is 32.9 Å². The van der Waals surface area contributed by atoms with Crippen LogP contribution in [0, 0.1) is 0 Å². The number of carbonyl (C=O) groups is 2. The van der Waals surface area contributed by atoms with Crippen LogP contribution in [0.15, 0.2) is 77.1 Å². The van der Waals surface area contributed by atoms with E-state index >= 15 is 0 Å². The third-order valence-corrected chi connectivity index (χ3v) is 8.74. The number of methoxy groups -OCH3 is 1. The largest absolute Gasteiger partial charge is 0.466 e. The van der Waals surface area contributed by atoms with Gasteiger partial charge in [-0.2, -0.15) is 13.2 Å². The minimum Gasteiger partial charge on any atom is -0.466 e. The fraction of sp³-hybridized carbons (Fsp3) is 0.419. The first-order chi connectivity index (χ1) is 20.9. The third kappa shape index (κ3) is 8.38. The molecule has 9 nitrogen and oxygen atoms in total. The minimum atomic E-state index is -4.78. The molecule has 2 aromatic carbocycles. The summed E-state index contributed by atoms with van der Waals surface area (Å²) in [6.45, 7) is 6.64. The number of hydrogen-bond donors (Lipinski definition) is 2. The first-order valence-electron chi connectivity index (χ1n) is 14.2. The van der Waals surface area contributed by atoms with E-state index in [2.05, 4.69) is 10.4 Å². The summed E-state index contributed by atoms with van der Waals surface area (Å²) in [6, 6.07) is 13.2. The summed E-state index contributed by atoms with van der Waals surface area (Å²) in [6.07, 6.45) is -4.50. The second-order valence-corrected chi connectivity index (χ2v) is 11.5. The number of allylic oxidation sites excluding steroid dienone is 2. The molecule has 3 rings (SSSR count). The zero-order valence-corrected chi connectivity index (χ0v) is 26.2. The van der Waals surface area contributed by atoms with Crippen molar-refractivity contribution in [2.45, 2.75) is 58.7 Å². The Balaban J connectivity index is 2.19. The number of dihydropyridines is 1. The van der Waals surface area contributed by atoms with Crippen LogP contribution < -0.4 is 10.4 Å². The molecular formula is C31H38F3N2O7P. The van der Waals surface area contributed by atoms with Crippen LogP contribution in [0.2, 0.25) is 0 Å². The second kappa shape index (κ2) is 15.5. The van der Waals surface area contributed by atoms with Crippen LogP contribution in [0.3, 0.4) is 0 Å². The number of ether oxygens (including phenoxy) is 2. The average Bonchev–Trinajstić information content (AvgIpc) is 2.98. The first-order valence-corrected chi connectivity index (χ1v) is 15.8. The maximum Gasteiger partial charge on any atom is 0.416 e. The molecule has 1 heterocycles. The van der Waals surface area contributed by atoms with E-state index in [-0.39, 0.29) is 60.8 Å². The van der Waals surface area contributed by atoms with Gasteiger partial charge in [0.15, 0.2) is 0 Å². The molecule has 0 saturated carbocycles. The van der Waals surface area contributed by atoms with E-state index in [4.69, 9.17) is 18.5 Å². The van der Waals surface area contributed by atoms with Crippen molar-refractivity contribution in [2.75, 3.05) is 26.9 Å². The average molecular weight is 639 g/mol. The lowest BCUT2D eigenvalue weighted by Crippen LogP contribution is -2.34. The summed E-state index contributed by atoms with van der Waals surface area (Å²) < 4.78 is 77.4. The van der Waals surface area contributed by atoms with Crippen LogP contribution in [-0.2, 0) is 38.9 Å². The van der Waals surface area contributed by atoms with Crippen molar-refractivity contribution in [1.29, 1.82) is 0 Å². The van der Waals surface area contributed by atoms with Gasteiger partial charge in [0, 0.05) is 17.4 Å². The molecule has 0 fully saturated rings. The van der Waals surface area contributed by atoms with Crippen molar-refractivity contribution in [3.05, 3.63) is 93.8 Å². The van der Waals surface area contributed by atoms with E-state index in [9.17, 15) is 27.3 Å². The zero-order valence-electron chi connectivity index (χ0n) is 25.3. The highest BCUT2D eigenvalue weighted by atomic mass is 31.2. The maximum absolute atomic E-state index is 14.3. The Morgan fingerprint density at radius 2 is 1.55 bits per heavy atom. The second-order valence-electron chi connectivity index (χ2n) is 9.75. The monoisotopic (exact) mass is 638 g/mol. The molecule has 0 aromatic heterocycles. The van der Waals surface area contributed by atoms with Gasteiger partial charge in [0.05, 0.1) is 49.6 Å². The van der Waals surface area contributed by atoms with Gasteiger partial charge in [-0.25, -0.2) is 19.2 Å². The van der Waals surface area contributed by atoms with E-state index in [1.807, 2.05) is 18.2 Å². The Kier molecular flexibility index (Phi) is 12.4. The van der Waals surface area contributed by atoms with Gasteiger partial charge in [-0.3, -0.25) is 9.05 Å². The number of alkyl halides is 3. The Labute approximate surface area is 255 Å². The number of carbonyl (C=O) groups excluding carboxylic acids is 2. The number of rotatable bonds is 14. The van der Waals surface area contributed by atoms with Gasteiger partial charge < -0.3 is 14.8 Å². The Bertz CT molecular complexity index is 1420. The van der Waals surface area contributed by atoms with E-state index in [0.29, 0.717) is 0 Å². The molecule has 240 valence electrons. The lowest BCUT2D eigenvalue weighted by atomic mass is 9.77. The van der Waals surface area contributed by atoms with Crippen molar-refractivity contribution < 1.29 is 45.8 Å². The van der Waals surface area contributed by atoms with E-state index in [0.717, 1.165) is 18.7 Å². The quantitative estimate of drug-likeness (QED) is 0.168. The Hall–Kier alpha value is -3.44. The molecule has 2 aromatic rings. The highest BCUT2D eigenvalue weighted by molar-refractivity contribution is 7.51. The topological polar surface area (TPSA) is 112 Å². The van der Waals surface area contributed by atoms with Crippen molar-refractivity contribution in [1.82, 2.24) is 10.4 Å². The first kappa shape index (κ1) is 35.0. The molecule has 2 N–H and O–H groups in total. The molecule has 0 aliphatic carbocycles. The van der Waals surface area contributed by atoms with Crippen molar-refractivity contribution in [3.8, 4) is 0 Å². The van der Waals surface area contributed by atoms with Crippen LogP contribution in [-0.4, -0.2) is 38.9 Å². The molecule has 1 aliphatic rings. The smallest absolute Gasteiger partial charge is 0.416 e. The Morgan fingerprint density at radius 1 is 0.932 bits per heavy atom. The summed E-state index contributed by atoms with van der Waals surface area (Å²) in [5.74, 6) is -3.22. The standard InChI is InChI=1S/C31H38F3N2O7P/c1-6-41-30(38)28-25(19-18-24(21-14-10-9-11-15-21)36-44(39,42-7-2)43-8-3)35-20(4)26(29(37)40-5)27(28)22-16-12-13-17-23(22)31(32,33)34/h9-17,24,27,35H,6-8,18-19H2,1-5H3,(H,36,39). The normalized spacial score (nSPS) is 16.4. The molecule has 0 spiro atoms. The van der Waals surface area contributed by atoms with Gasteiger partial charge in [0.1, 0.15) is 0 Å². The van der Waals surface area contributed by atoms with Crippen LogP contribution in [0.4, 0.5) is 13.2 Å². The SMILES string of the molecule is CCOC(=O)C1=C(CCC(NP(=O)(OCC)OCC)c2ccccc2)NC(C)=C(C(=O)OC)C1c1ccccc1C(F)(F)F. The molecule has 0 amide bonds. The third-order valence-electron chi connectivity index (χ3n) is 6.92. The number of hydrogen-bond acceptors (Lipinski definition) is 8. The molecule has 44 heavy (non-hydrogen) atoms. The molecule has 0 bridgehead atoms. The molecule has 0 radical (unpaired) electrons. The zero-order chi connectivity index (χ0) is 32.5. The van der Waals surface area contributed by atoms with Gasteiger partial charge in [0.2, 0.25) is 0 Å². The van der Waals surface area contributed by atoms with Gasteiger partial charge >= 0.3 is 25.9 Å². The lowest BCUT2D eigenvalue weighted by molar-refractivity contribution is -0.141. The molecule has 2 unspecified atom stereocenters. The number of benzene rings is 2.